The average molecular weight is 247 g/mol. The van der Waals surface area contributed by atoms with Gasteiger partial charge in [0, 0.05) is 5.88 Å². The topological polar surface area (TPSA) is 0 Å². The lowest BCUT2D eigenvalue weighted by atomic mass is 10.2. The van der Waals surface area contributed by atoms with Gasteiger partial charge in [-0.15, -0.1) is 11.6 Å². The van der Waals surface area contributed by atoms with Crippen molar-refractivity contribution >= 4 is 25.1 Å². The van der Waals surface area contributed by atoms with Crippen LogP contribution >= 0.6 is 25.1 Å². The lowest BCUT2D eigenvalue weighted by Gasteiger charge is -1.90. The lowest BCUT2D eigenvalue weighted by Crippen LogP contribution is -1.71. The fraction of sp³-hybridized carbons (Fsp3) is 0.538. The second-order valence-corrected chi connectivity index (χ2v) is 3.93. The second kappa shape index (κ2) is 11.9. The Morgan fingerprint density at radius 2 is 1.60 bits per heavy atom. The Kier molecular flexibility index (Phi) is 13.7. The Balaban J connectivity index is 0. The van der Waals surface area contributed by atoms with Crippen LogP contribution in [0.3, 0.4) is 0 Å². The van der Waals surface area contributed by atoms with Gasteiger partial charge in [0.05, 0.1) is 0 Å². The summed E-state index contributed by atoms with van der Waals surface area (Å²) in [7, 11) is 0. The molecule has 0 saturated carbocycles. The summed E-state index contributed by atoms with van der Waals surface area (Å²) in [4.78, 5) is 0. The van der Waals surface area contributed by atoms with Gasteiger partial charge in [-0.05, 0) is 20.3 Å². The van der Waals surface area contributed by atoms with Crippen LogP contribution in [0.25, 0.3) is 0 Å². The van der Waals surface area contributed by atoms with E-state index in [1.54, 1.807) is 0 Å². The van der Waals surface area contributed by atoms with Crippen molar-refractivity contribution < 1.29 is 0 Å². The molecule has 0 bridgehead atoms. The first-order valence-corrected chi connectivity index (χ1v) is 5.83. The summed E-state index contributed by atoms with van der Waals surface area (Å²) >= 11 is 5.38. The van der Waals surface area contributed by atoms with E-state index < -0.39 is 0 Å². The van der Waals surface area contributed by atoms with Crippen LogP contribution in [0.1, 0.15) is 37.3 Å². The van der Waals surface area contributed by atoms with E-state index in [9.17, 15) is 0 Å². The molecule has 2 heteroatoms. The maximum atomic E-state index is 5.38. The summed E-state index contributed by atoms with van der Waals surface area (Å²) in [5.74, 6) is 0.827. The van der Waals surface area contributed by atoms with E-state index in [1.807, 2.05) is 0 Å². The number of alkyl halides is 1. The van der Waals surface area contributed by atoms with Gasteiger partial charge in [0.2, 0.25) is 0 Å². The summed E-state index contributed by atoms with van der Waals surface area (Å²) in [6.45, 7) is 6.38. The molecule has 0 aliphatic heterocycles. The number of unbranched alkanes of at least 4 members (excludes halogenated alkanes) is 2. The summed E-state index contributed by atoms with van der Waals surface area (Å²) in [5.41, 5.74) is 2.68. The fourth-order valence-corrected chi connectivity index (χ4v) is 1.34. The van der Waals surface area contributed by atoms with Crippen LogP contribution < -0.4 is 0 Å². The molecule has 0 aromatic heterocycles. The van der Waals surface area contributed by atoms with Crippen LogP contribution in [0, 0.1) is 13.8 Å². The highest BCUT2D eigenvalue weighted by atomic mass is 35.5. The van der Waals surface area contributed by atoms with Crippen LogP contribution in [0.5, 0.6) is 0 Å². The summed E-state index contributed by atoms with van der Waals surface area (Å²) in [6, 6.07) is 8.45. The first-order chi connectivity index (χ1) is 6.70. The molecule has 0 unspecified atom stereocenters. The fourth-order valence-electron chi connectivity index (χ4n) is 1.15. The zero-order valence-corrected chi connectivity index (χ0v) is 11.8. The highest BCUT2D eigenvalue weighted by molar-refractivity contribution is 7.59. The van der Waals surface area contributed by atoms with E-state index in [4.69, 9.17) is 11.6 Å². The number of hydrogen-bond acceptors (Lipinski definition) is 0. The first kappa shape index (κ1) is 17.3. The van der Waals surface area contributed by atoms with E-state index in [-0.39, 0.29) is 13.5 Å². The predicted molar refractivity (Wildman–Crippen MR) is 76.5 cm³/mol. The van der Waals surface area contributed by atoms with Crippen LogP contribution in [-0.4, -0.2) is 5.88 Å². The minimum absolute atomic E-state index is 0. The minimum atomic E-state index is 0. The molecule has 0 saturated heterocycles. The molecular formula is C13H23ClS. The van der Waals surface area contributed by atoms with E-state index in [1.165, 1.54) is 30.4 Å². The van der Waals surface area contributed by atoms with Gasteiger partial charge in [-0.25, -0.2) is 0 Å². The molecule has 0 heterocycles. The molecule has 0 aliphatic rings. The van der Waals surface area contributed by atoms with E-state index in [0.29, 0.717) is 0 Å². The van der Waals surface area contributed by atoms with Gasteiger partial charge in [-0.3, -0.25) is 0 Å². The number of aryl methyl sites for hydroxylation is 2. The number of hydrogen-bond donors (Lipinski definition) is 0. The second-order valence-electron chi connectivity index (χ2n) is 3.55. The zero-order chi connectivity index (χ0) is 10.8. The zero-order valence-electron chi connectivity index (χ0n) is 10.0. The van der Waals surface area contributed by atoms with Crippen molar-refractivity contribution in [2.75, 3.05) is 5.88 Å². The van der Waals surface area contributed by atoms with Crippen LogP contribution in [0.15, 0.2) is 24.3 Å². The van der Waals surface area contributed by atoms with Crippen molar-refractivity contribution in [2.45, 2.75) is 40.0 Å². The normalized spacial score (nSPS) is 8.53. The van der Waals surface area contributed by atoms with Gasteiger partial charge >= 0.3 is 0 Å². The highest BCUT2D eigenvalue weighted by Gasteiger charge is 1.80. The largest absolute Gasteiger partial charge is 0.197 e. The molecule has 0 atom stereocenters. The molecule has 88 valence electrons. The molecule has 0 fully saturated rings. The van der Waals surface area contributed by atoms with Crippen molar-refractivity contribution in [2.24, 2.45) is 0 Å². The SMILES string of the molecule is CCCCCCl.Cc1cccc(C)c1.S. The molecule has 0 amide bonds. The number of benzene rings is 1. The van der Waals surface area contributed by atoms with Crippen LogP contribution in [0.2, 0.25) is 0 Å². The highest BCUT2D eigenvalue weighted by Crippen LogP contribution is 2.00. The molecule has 0 N–H and O–H groups in total. The van der Waals surface area contributed by atoms with E-state index in [2.05, 4.69) is 45.0 Å². The Hall–Kier alpha value is -0.140. The first-order valence-electron chi connectivity index (χ1n) is 5.30. The average Bonchev–Trinajstić information content (AvgIpc) is 2.15. The molecule has 1 aromatic carbocycles. The van der Waals surface area contributed by atoms with Crippen molar-refractivity contribution in [3.05, 3.63) is 35.4 Å². The number of rotatable bonds is 3. The van der Waals surface area contributed by atoms with Gasteiger partial charge < -0.3 is 0 Å². The standard InChI is InChI=1S/C8H10.C5H11Cl.H2S/c1-7-4-3-5-8(2)6-7;1-2-3-4-5-6;/h3-6H,1-2H3;2-5H2,1H3;1H2. The maximum Gasteiger partial charge on any atom is 0.0223 e. The molecule has 1 aromatic rings. The van der Waals surface area contributed by atoms with Crippen LogP contribution in [-0.2, 0) is 0 Å². The molecule has 0 radical (unpaired) electrons. The van der Waals surface area contributed by atoms with Gasteiger partial charge in [-0.2, -0.15) is 13.5 Å². The summed E-state index contributed by atoms with van der Waals surface area (Å²) in [6.07, 6.45) is 3.73. The van der Waals surface area contributed by atoms with E-state index >= 15 is 0 Å². The minimum Gasteiger partial charge on any atom is -0.197 e. The van der Waals surface area contributed by atoms with Crippen molar-refractivity contribution in [3.63, 3.8) is 0 Å². The maximum absolute atomic E-state index is 5.38. The summed E-state index contributed by atoms with van der Waals surface area (Å²) in [5, 5.41) is 0. The molecular weight excluding hydrogens is 224 g/mol. The molecule has 1 rings (SSSR count). The third-order valence-corrected chi connectivity index (χ3v) is 2.18. The monoisotopic (exact) mass is 246 g/mol. The van der Waals surface area contributed by atoms with Crippen molar-refractivity contribution in [1.29, 1.82) is 0 Å². The molecule has 0 aliphatic carbocycles. The van der Waals surface area contributed by atoms with Crippen molar-refractivity contribution in [3.8, 4) is 0 Å². The Morgan fingerprint density at radius 3 is 1.80 bits per heavy atom. The van der Waals surface area contributed by atoms with Gasteiger partial charge in [0.25, 0.3) is 0 Å². The lowest BCUT2D eigenvalue weighted by molar-refractivity contribution is 0.776. The number of halogens is 1. The Labute approximate surface area is 106 Å². The predicted octanol–water partition coefficient (Wildman–Crippen LogP) is 4.83. The van der Waals surface area contributed by atoms with Gasteiger partial charge in [0.15, 0.2) is 0 Å². The smallest absolute Gasteiger partial charge is 0.0223 e. The van der Waals surface area contributed by atoms with Crippen molar-refractivity contribution in [1.82, 2.24) is 0 Å². The quantitative estimate of drug-likeness (QED) is 0.529. The molecule has 0 spiro atoms. The molecule has 15 heavy (non-hydrogen) atoms. The van der Waals surface area contributed by atoms with E-state index in [0.717, 1.165) is 5.88 Å². The Bertz CT molecular complexity index is 214. The van der Waals surface area contributed by atoms with Gasteiger partial charge in [-0.1, -0.05) is 55.2 Å². The van der Waals surface area contributed by atoms with Crippen LogP contribution in [0.4, 0.5) is 0 Å². The third kappa shape index (κ3) is 11.8. The van der Waals surface area contributed by atoms with Gasteiger partial charge in [0.1, 0.15) is 0 Å². The Morgan fingerprint density at radius 1 is 1.07 bits per heavy atom. The third-order valence-electron chi connectivity index (χ3n) is 1.91. The molecule has 0 nitrogen and oxygen atoms in total. The summed E-state index contributed by atoms with van der Waals surface area (Å²) < 4.78 is 0.